The fraction of sp³-hybridized carbons (Fsp3) is 0.562. The van der Waals surface area contributed by atoms with E-state index < -0.39 is 28.2 Å². The first-order valence-electron chi connectivity index (χ1n) is 8.61. The lowest BCUT2D eigenvalue weighted by Gasteiger charge is -2.31. The first-order chi connectivity index (χ1) is 13.1. The summed E-state index contributed by atoms with van der Waals surface area (Å²) in [5, 5.41) is 14.0. The molecule has 1 saturated heterocycles. The number of ether oxygens (including phenoxy) is 1. The van der Waals surface area contributed by atoms with Crippen LogP contribution in [0.1, 0.15) is 19.3 Å². The average molecular weight is 425 g/mol. The maximum absolute atomic E-state index is 12.1. The topological polar surface area (TPSA) is 108 Å². The number of aliphatic hydroxyl groups excluding tert-OH is 1. The van der Waals surface area contributed by atoms with Gasteiger partial charge in [0, 0.05) is 31.4 Å². The summed E-state index contributed by atoms with van der Waals surface area (Å²) in [4.78, 5) is 12.0. The monoisotopic (exact) mass is 425 g/mol. The van der Waals surface area contributed by atoms with Crippen LogP contribution in [-0.2, 0) is 10.0 Å². The molecule has 0 saturated carbocycles. The summed E-state index contributed by atoms with van der Waals surface area (Å²) in [5.74, 6) is -0.510. The number of urea groups is 1. The summed E-state index contributed by atoms with van der Waals surface area (Å²) in [6.45, 7) is 0.338. The fourth-order valence-electron chi connectivity index (χ4n) is 2.75. The average Bonchev–Trinajstić information content (AvgIpc) is 2.61. The Morgan fingerprint density at radius 2 is 1.82 bits per heavy atom. The quantitative estimate of drug-likeness (QED) is 0.618. The Hall–Kier alpha value is -2.05. The molecule has 1 aliphatic heterocycles. The molecule has 0 aliphatic carbocycles. The Balaban J connectivity index is 1.78. The lowest BCUT2D eigenvalue weighted by atomic mass is 10.1. The highest BCUT2D eigenvalue weighted by molar-refractivity contribution is 7.89. The van der Waals surface area contributed by atoms with Gasteiger partial charge in [0.05, 0.1) is 5.75 Å². The van der Waals surface area contributed by atoms with Gasteiger partial charge in [-0.1, -0.05) is 0 Å². The molecule has 8 nitrogen and oxygen atoms in total. The second-order valence-corrected chi connectivity index (χ2v) is 8.33. The van der Waals surface area contributed by atoms with Gasteiger partial charge < -0.3 is 20.5 Å². The van der Waals surface area contributed by atoms with E-state index in [1.54, 1.807) is 0 Å². The third-order valence-corrected chi connectivity index (χ3v) is 6.05. The largest absolute Gasteiger partial charge is 0.573 e. The molecule has 0 aromatic heterocycles. The normalized spacial score (nSPS) is 16.6. The molecule has 158 valence electrons. The Morgan fingerprint density at radius 1 is 1.21 bits per heavy atom. The van der Waals surface area contributed by atoms with E-state index in [9.17, 15) is 26.4 Å². The summed E-state index contributed by atoms with van der Waals surface area (Å²) in [5.41, 5.74) is 0.288. The van der Waals surface area contributed by atoms with Crippen LogP contribution in [-0.4, -0.2) is 61.7 Å². The van der Waals surface area contributed by atoms with Gasteiger partial charge in [-0.15, -0.1) is 13.2 Å². The number of rotatable bonds is 7. The van der Waals surface area contributed by atoms with Crippen molar-refractivity contribution in [3.8, 4) is 5.75 Å². The molecule has 0 radical (unpaired) electrons. The number of amides is 2. The molecule has 1 heterocycles. The maximum Gasteiger partial charge on any atom is 0.573 e. The molecule has 12 heteroatoms. The number of carbonyl (C=O) groups is 1. The zero-order chi connectivity index (χ0) is 20.8. The maximum atomic E-state index is 12.1. The highest BCUT2D eigenvalue weighted by atomic mass is 32.2. The van der Waals surface area contributed by atoms with Gasteiger partial charge in [0.25, 0.3) is 0 Å². The molecule has 2 amide bonds. The van der Waals surface area contributed by atoms with Gasteiger partial charge in [-0.25, -0.2) is 17.5 Å². The molecule has 0 unspecified atom stereocenters. The van der Waals surface area contributed by atoms with Crippen LogP contribution in [0.2, 0.25) is 0 Å². The van der Waals surface area contributed by atoms with Gasteiger partial charge >= 0.3 is 12.4 Å². The molecule has 3 N–H and O–H groups in total. The van der Waals surface area contributed by atoms with Gasteiger partial charge in [0.1, 0.15) is 5.75 Å². The minimum atomic E-state index is -4.78. The van der Waals surface area contributed by atoms with Crippen LogP contribution in [0.25, 0.3) is 0 Å². The van der Waals surface area contributed by atoms with E-state index in [0.29, 0.717) is 12.8 Å². The van der Waals surface area contributed by atoms with E-state index in [2.05, 4.69) is 15.4 Å². The minimum absolute atomic E-state index is 0.115. The van der Waals surface area contributed by atoms with Crippen molar-refractivity contribution >= 4 is 21.7 Å². The molecule has 0 atom stereocenters. The zero-order valence-corrected chi connectivity index (χ0v) is 15.7. The highest BCUT2D eigenvalue weighted by Crippen LogP contribution is 2.24. The van der Waals surface area contributed by atoms with Crippen molar-refractivity contribution in [3.05, 3.63) is 24.3 Å². The highest BCUT2D eigenvalue weighted by Gasteiger charge is 2.31. The smallest absolute Gasteiger partial charge is 0.406 e. The Kier molecular flexibility index (Phi) is 7.49. The number of hydrogen-bond acceptors (Lipinski definition) is 5. The van der Waals surface area contributed by atoms with Gasteiger partial charge in [-0.3, -0.25) is 0 Å². The van der Waals surface area contributed by atoms with Crippen molar-refractivity contribution in [2.75, 3.05) is 30.8 Å². The number of alkyl halides is 3. The number of carbonyl (C=O) groups excluding carboxylic acids is 1. The Bertz CT molecular complexity index is 748. The molecule has 1 aromatic carbocycles. The minimum Gasteiger partial charge on any atom is -0.406 e. The van der Waals surface area contributed by atoms with Gasteiger partial charge in [0.15, 0.2) is 0 Å². The second kappa shape index (κ2) is 9.43. The van der Waals surface area contributed by atoms with Crippen molar-refractivity contribution in [3.63, 3.8) is 0 Å². The molecule has 1 aromatic rings. The number of hydrogen-bond donors (Lipinski definition) is 3. The molecule has 28 heavy (non-hydrogen) atoms. The fourth-order valence-corrected chi connectivity index (χ4v) is 4.27. The van der Waals surface area contributed by atoms with Gasteiger partial charge in [-0.2, -0.15) is 0 Å². The van der Waals surface area contributed by atoms with Crippen LogP contribution in [0, 0.1) is 0 Å². The molecule has 0 spiro atoms. The third-order valence-electron chi connectivity index (χ3n) is 4.09. The van der Waals surface area contributed by atoms with Crippen LogP contribution in [0.4, 0.5) is 23.7 Å². The predicted molar refractivity (Wildman–Crippen MR) is 95.4 cm³/mol. The summed E-state index contributed by atoms with van der Waals surface area (Å²) in [6.07, 6.45) is -3.74. The summed E-state index contributed by atoms with van der Waals surface area (Å²) >= 11 is 0. The first kappa shape index (κ1) is 22.2. The number of piperidine rings is 1. The lowest BCUT2D eigenvalue weighted by Crippen LogP contribution is -2.48. The van der Waals surface area contributed by atoms with Crippen LogP contribution >= 0.6 is 0 Å². The molecule has 0 bridgehead atoms. The van der Waals surface area contributed by atoms with Crippen LogP contribution in [0.3, 0.4) is 0 Å². The lowest BCUT2D eigenvalue weighted by molar-refractivity contribution is -0.274. The molecule has 1 aliphatic rings. The van der Waals surface area contributed by atoms with Gasteiger partial charge in [-0.05, 0) is 43.5 Å². The van der Waals surface area contributed by atoms with E-state index >= 15 is 0 Å². The summed E-state index contributed by atoms with van der Waals surface area (Å²) in [7, 11) is -3.41. The zero-order valence-electron chi connectivity index (χ0n) is 14.9. The van der Waals surface area contributed by atoms with Crippen molar-refractivity contribution in [2.24, 2.45) is 0 Å². The standard InChI is InChI=1S/C16H22F3N3O5S/c17-16(18,19)27-14-4-2-12(3-5-14)20-15(24)21-13-6-8-22(9-7-13)28(25,26)11-1-10-23/h2-5,13,23H,1,6-11H2,(H2,20,21,24). The van der Waals surface area contributed by atoms with E-state index in [1.807, 2.05) is 0 Å². The van der Waals surface area contributed by atoms with Crippen molar-refractivity contribution in [1.29, 1.82) is 0 Å². The first-order valence-corrected chi connectivity index (χ1v) is 10.2. The van der Waals surface area contributed by atoms with E-state index in [0.717, 1.165) is 12.1 Å². The van der Waals surface area contributed by atoms with Crippen LogP contribution in [0.5, 0.6) is 5.75 Å². The molecule has 1 fully saturated rings. The number of aliphatic hydroxyl groups is 1. The summed E-state index contributed by atoms with van der Waals surface area (Å²) in [6, 6.07) is 3.95. The predicted octanol–water partition coefficient (Wildman–Crippen LogP) is 1.88. The summed E-state index contributed by atoms with van der Waals surface area (Å²) < 4.78 is 65.6. The van der Waals surface area contributed by atoms with Crippen molar-refractivity contribution in [1.82, 2.24) is 9.62 Å². The number of nitrogens with zero attached hydrogens (tertiary/aromatic N) is 1. The van der Waals surface area contributed by atoms with Crippen LogP contribution in [0.15, 0.2) is 24.3 Å². The number of benzene rings is 1. The number of nitrogens with one attached hydrogen (secondary N) is 2. The second-order valence-electron chi connectivity index (χ2n) is 6.24. The third kappa shape index (κ3) is 7.17. The van der Waals surface area contributed by atoms with E-state index in [-0.39, 0.29) is 43.6 Å². The van der Waals surface area contributed by atoms with Crippen molar-refractivity contribution < 1.29 is 36.2 Å². The van der Waals surface area contributed by atoms with E-state index in [1.165, 1.54) is 16.4 Å². The Morgan fingerprint density at radius 3 is 2.36 bits per heavy atom. The SMILES string of the molecule is O=C(Nc1ccc(OC(F)(F)F)cc1)NC1CCN(S(=O)(=O)CCCO)CC1. The number of anilines is 1. The van der Waals surface area contributed by atoms with Crippen molar-refractivity contribution in [2.45, 2.75) is 31.7 Å². The molecular formula is C16H22F3N3O5S. The van der Waals surface area contributed by atoms with Gasteiger partial charge in [0.2, 0.25) is 10.0 Å². The Labute approximate surface area is 160 Å². The van der Waals surface area contributed by atoms with Crippen LogP contribution < -0.4 is 15.4 Å². The number of sulfonamides is 1. The molecular weight excluding hydrogens is 403 g/mol. The molecule has 2 rings (SSSR count). The van der Waals surface area contributed by atoms with E-state index in [4.69, 9.17) is 5.11 Å². The number of halogens is 3.